The van der Waals surface area contributed by atoms with E-state index in [9.17, 15) is 50.2 Å². The van der Waals surface area contributed by atoms with Crippen LogP contribution in [0.2, 0.25) is 0 Å². The second kappa shape index (κ2) is 13.8. The van der Waals surface area contributed by atoms with Crippen molar-refractivity contribution >= 4 is 23.7 Å². The molecule has 0 radical (unpaired) electrons. The van der Waals surface area contributed by atoms with E-state index >= 15 is 0 Å². The predicted molar refractivity (Wildman–Crippen MR) is 158 cm³/mol. The van der Waals surface area contributed by atoms with E-state index in [4.69, 9.17) is 4.74 Å². The fourth-order valence-electron chi connectivity index (χ4n) is 5.35. The number of carbonyl (C=O) groups excluding carboxylic acids is 3. The number of likely N-dealkylation sites (tertiary alicyclic amines) is 1. The average molecular weight is 692 g/mol. The van der Waals surface area contributed by atoms with Gasteiger partial charge in [-0.25, -0.2) is 14.0 Å². The summed E-state index contributed by atoms with van der Waals surface area (Å²) >= 11 is 0. The van der Waals surface area contributed by atoms with E-state index in [1.54, 1.807) is 20.8 Å². The van der Waals surface area contributed by atoms with Gasteiger partial charge in [-0.15, -0.1) is 0 Å². The highest BCUT2D eigenvalue weighted by atomic mass is 19.4. The normalized spacial score (nSPS) is 18.1. The maximum atomic E-state index is 14.9. The molecule has 4 amide bonds. The smallest absolute Gasteiger partial charge is 0.430 e. The second-order valence-electron chi connectivity index (χ2n) is 12.7. The zero-order valence-corrected chi connectivity index (χ0v) is 26.3. The third-order valence-corrected chi connectivity index (χ3v) is 7.90. The summed E-state index contributed by atoms with van der Waals surface area (Å²) in [7, 11) is 0. The quantitative estimate of drug-likeness (QED) is 0.358. The highest BCUT2D eigenvalue weighted by Gasteiger charge is 2.71. The van der Waals surface area contributed by atoms with Crippen LogP contribution in [0.1, 0.15) is 48.7 Å². The van der Waals surface area contributed by atoms with Crippen molar-refractivity contribution in [3.63, 3.8) is 0 Å². The lowest BCUT2D eigenvalue weighted by atomic mass is 9.91. The first-order valence-corrected chi connectivity index (χ1v) is 15.0. The number of nitrogens with one attached hydrogen (secondary N) is 2. The van der Waals surface area contributed by atoms with Crippen LogP contribution in [0.15, 0.2) is 42.5 Å². The highest BCUT2D eigenvalue weighted by molar-refractivity contribution is 5.96. The van der Waals surface area contributed by atoms with Crippen molar-refractivity contribution in [2.45, 2.75) is 63.3 Å². The highest BCUT2D eigenvalue weighted by Crippen LogP contribution is 2.50. The summed E-state index contributed by atoms with van der Waals surface area (Å²) in [5, 5.41) is 14.6. The van der Waals surface area contributed by atoms with E-state index in [0.29, 0.717) is 43.8 Å². The standard InChI is InChI=1S/C31H36F7N5O5/c1-28(2,3)48-27(46)43-11-10-22(18-43)39-26(45)40-24-9-6-20(16-23(24)32)25(44)42-14-12-41(13-15-42)17-19-4-7-21(8-5-19)29(47,30(33,34)35)31(36,37)38/h4-9,16,22,47H,10-15,17-18H2,1-3H3,(H2,39,40,45). The van der Waals surface area contributed by atoms with Crippen LogP contribution in [0.4, 0.5) is 46.0 Å². The van der Waals surface area contributed by atoms with E-state index in [2.05, 4.69) is 10.6 Å². The minimum absolute atomic E-state index is 0.0353. The first kappa shape index (κ1) is 36.7. The molecular weight excluding hydrogens is 655 g/mol. The van der Waals surface area contributed by atoms with E-state index in [1.165, 1.54) is 21.9 Å². The number of aliphatic hydroxyl groups is 1. The van der Waals surface area contributed by atoms with Gasteiger partial charge in [-0.3, -0.25) is 9.69 Å². The number of carbonyl (C=O) groups is 3. The molecule has 4 rings (SSSR count). The van der Waals surface area contributed by atoms with Crippen molar-refractivity contribution in [2.75, 3.05) is 44.6 Å². The monoisotopic (exact) mass is 691 g/mol. The van der Waals surface area contributed by atoms with E-state index in [-0.39, 0.29) is 43.5 Å². The molecule has 2 aromatic carbocycles. The summed E-state index contributed by atoms with van der Waals surface area (Å²) in [6.07, 6.45) is -12.0. The zero-order valence-electron chi connectivity index (χ0n) is 26.3. The van der Waals surface area contributed by atoms with Crippen LogP contribution in [0.25, 0.3) is 0 Å². The number of benzene rings is 2. The van der Waals surface area contributed by atoms with Gasteiger partial charge in [0.1, 0.15) is 11.4 Å². The summed E-state index contributed by atoms with van der Waals surface area (Å²) in [6, 6.07) is 5.86. The molecule has 1 atom stereocenters. The molecule has 2 fully saturated rings. The van der Waals surface area contributed by atoms with Crippen molar-refractivity contribution < 1.29 is 55.0 Å². The molecule has 2 heterocycles. The maximum Gasteiger partial charge on any atom is 0.430 e. The second-order valence-corrected chi connectivity index (χ2v) is 12.7. The Morgan fingerprint density at radius 2 is 1.48 bits per heavy atom. The minimum Gasteiger partial charge on any atom is -0.444 e. The van der Waals surface area contributed by atoms with Crippen LogP contribution in [-0.2, 0) is 16.9 Å². The number of halogens is 7. The number of urea groups is 1. The molecule has 3 N–H and O–H groups in total. The van der Waals surface area contributed by atoms with Crippen molar-refractivity contribution in [1.82, 2.24) is 20.0 Å². The Morgan fingerprint density at radius 1 is 0.875 bits per heavy atom. The third kappa shape index (κ3) is 8.47. The molecular formula is C31H36F7N5O5. The Bertz CT molecular complexity index is 1470. The van der Waals surface area contributed by atoms with Gasteiger partial charge in [-0.2, -0.15) is 26.3 Å². The molecule has 2 aliphatic heterocycles. The molecule has 0 aliphatic carbocycles. The van der Waals surface area contributed by atoms with Crippen molar-refractivity contribution in [3.8, 4) is 0 Å². The fraction of sp³-hybridized carbons (Fsp3) is 0.516. The number of amides is 4. The number of rotatable bonds is 6. The van der Waals surface area contributed by atoms with Crippen molar-refractivity contribution in [3.05, 3.63) is 65.0 Å². The van der Waals surface area contributed by atoms with Crippen molar-refractivity contribution in [2.24, 2.45) is 0 Å². The number of ether oxygens (including phenoxy) is 1. The number of anilines is 1. The summed E-state index contributed by atoms with van der Waals surface area (Å²) < 4.78 is 99.1. The molecule has 264 valence electrons. The maximum absolute atomic E-state index is 14.9. The van der Waals surface area contributed by atoms with Gasteiger partial charge in [0.25, 0.3) is 11.5 Å². The molecule has 0 aromatic heterocycles. The van der Waals surface area contributed by atoms with Crippen LogP contribution in [0.5, 0.6) is 0 Å². The SMILES string of the molecule is CC(C)(C)OC(=O)N1CCC(NC(=O)Nc2ccc(C(=O)N3CCN(Cc4ccc(C(O)(C(F)(F)F)C(F)(F)F)cc4)CC3)cc2F)C1. The molecule has 10 nitrogen and oxygen atoms in total. The Balaban J connectivity index is 1.26. The lowest BCUT2D eigenvalue weighted by molar-refractivity contribution is -0.376. The first-order valence-electron chi connectivity index (χ1n) is 15.0. The number of nitrogens with zero attached hydrogens (tertiary/aromatic N) is 3. The Morgan fingerprint density at radius 3 is 2.02 bits per heavy atom. The van der Waals surface area contributed by atoms with E-state index < -0.39 is 53.0 Å². The summed E-state index contributed by atoms with van der Waals surface area (Å²) in [5.74, 6) is -1.32. The Labute approximate surface area is 271 Å². The molecule has 17 heteroatoms. The molecule has 1 unspecified atom stereocenters. The summed E-state index contributed by atoms with van der Waals surface area (Å²) in [6.45, 7) is 7.07. The molecule has 2 saturated heterocycles. The lowest BCUT2D eigenvalue weighted by Gasteiger charge is -2.35. The van der Waals surface area contributed by atoms with E-state index in [1.807, 2.05) is 4.90 Å². The lowest BCUT2D eigenvalue weighted by Crippen LogP contribution is -2.53. The molecule has 0 saturated carbocycles. The van der Waals surface area contributed by atoms with Crippen LogP contribution in [-0.4, -0.2) is 101 Å². The van der Waals surface area contributed by atoms with Crippen LogP contribution < -0.4 is 10.6 Å². The van der Waals surface area contributed by atoms with Gasteiger partial charge >= 0.3 is 24.5 Å². The van der Waals surface area contributed by atoms with Crippen molar-refractivity contribution in [1.29, 1.82) is 0 Å². The van der Waals surface area contributed by atoms with Gasteiger partial charge in [0.15, 0.2) is 0 Å². The molecule has 2 aliphatic rings. The number of piperazine rings is 1. The van der Waals surface area contributed by atoms with Gasteiger partial charge in [0.2, 0.25) is 0 Å². The molecule has 0 spiro atoms. The van der Waals surface area contributed by atoms with Crippen LogP contribution >= 0.6 is 0 Å². The predicted octanol–water partition coefficient (Wildman–Crippen LogP) is 5.23. The number of hydrogen-bond donors (Lipinski definition) is 3. The van der Waals surface area contributed by atoms with E-state index in [0.717, 1.165) is 18.2 Å². The Kier molecular flexibility index (Phi) is 10.5. The number of hydrogen-bond acceptors (Lipinski definition) is 6. The molecule has 2 aromatic rings. The molecule has 48 heavy (non-hydrogen) atoms. The third-order valence-electron chi connectivity index (χ3n) is 7.90. The first-order chi connectivity index (χ1) is 22.2. The van der Waals surface area contributed by atoms with Gasteiger partial charge in [0, 0.05) is 63.0 Å². The Hall–Kier alpha value is -4.12. The zero-order chi connectivity index (χ0) is 35.7. The molecule has 0 bridgehead atoms. The largest absolute Gasteiger partial charge is 0.444 e. The summed E-state index contributed by atoms with van der Waals surface area (Å²) in [4.78, 5) is 42.5. The average Bonchev–Trinajstić information content (AvgIpc) is 3.45. The minimum atomic E-state index is -5.98. The van der Waals surface area contributed by atoms with Gasteiger partial charge in [-0.05, 0) is 51.0 Å². The topological polar surface area (TPSA) is 114 Å². The van der Waals surface area contributed by atoms with Crippen LogP contribution in [0.3, 0.4) is 0 Å². The number of alkyl halides is 6. The van der Waals surface area contributed by atoms with Gasteiger partial charge < -0.3 is 30.3 Å². The van der Waals surface area contributed by atoms with Crippen LogP contribution in [0, 0.1) is 5.82 Å². The van der Waals surface area contributed by atoms with Gasteiger partial charge in [0.05, 0.1) is 5.69 Å². The summed E-state index contributed by atoms with van der Waals surface area (Å²) in [5.41, 5.74) is -6.75. The fourth-order valence-corrected chi connectivity index (χ4v) is 5.35. The van der Waals surface area contributed by atoms with Gasteiger partial charge in [-0.1, -0.05) is 24.3 Å².